The van der Waals surface area contributed by atoms with Crippen LogP contribution in [-0.2, 0) is 9.47 Å². The maximum absolute atomic E-state index is 5.67. The lowest BCUT2D eigenvalue weighted by Crippen LogP contribution is -2.48. The Kier molecular flexibility index (Phi) is 3.97. The fourth-order valence-electron chi connectivity index (χ4n) is 2.81. The Labute approximate surface area is 91.5 Å². The van der Waals surface area contributed by atoms with Gasteiger partial charge >= 0.3 is 0 Å². The van der Waals surface area contributed by atoms with Crippen molar-refractivity contribution in [2.24, 2.45) is 17.7 Å². The lowest BCUT2D eigenvalue weighted by atomic mass is 9.84. The first-order chi connectivity index (χ1) is 7.31. The lowest BCUT2D eigenvalue weighted by Gasteiger charge is -2.33. The van der Waals surface area contributed by atoms with Gasteiger partial charge in [0.05, 0.1) is 19.3 Å². The Bertz CT molecular complexity index is 190. The van der Waals surface area contributed by atoms with Crippen LogP contribution < -0.4 is 11.3 Å². The van der Waals surface area contributed by atoms with E-state index in [0.717, 1.165) is 32.7 Å². The quantitative estimate of drug-likeness (QED) is 0.535. The fraction of sp³-hybridized carbons (Fsp3) is 1.00. The third kappa shape index (κ3) is 2.69. The van der Waals surface area contributed by atoms with Crippen LogP contribution >= 0.6 is 0 Å². The predicted octanol–water partition coefficient (Wildman–Crippen LogP) is 0.670. The second kappa shape index (κ2) is 5.25. The molecule has 0 radical (unpaired) electrons. The Morgan fingerprint density at radius 2 is 2.20 bits per heavy atom. The number of hydrazine groups is 1. The SMILES string of the molecule is CC1CC(C(NN)C2CCCOC2)CO1. The topological polar surface area (TPSA) is 56.5 Å². The van der Waals surface area contributed by atoms with Crippen molar-refractivity contribution in [1.82, 2.24) is 5.43 Å². The van der Waals surface area contributed by atoms with E-state index < -0.39 is 0 Å². The van der Waals surface area contributed by atoms with Gasteiger partial charge in [0, 0.05) is 18.6 Å². The number of rotatable bonds is 3. The summed E-state index contributed by atoms with van der Waals surface area (Å²) in [6.45, 7) is 4.72. The normalized spacial score (nSPS) is 39.2. The molecule has 2 aliphatic heterocycles. The molecule has 2 aliphatic rings. The zero-order valence-corrected chi connectivity index (χ0v) is 9.45. The summed E-state index contributed by atoms with van der Waals surface area (Å²) in [5.74, 6) is 6.78. The molecule has 0 aliphatic carbocycles. The van der Waals surface area contributed by atoms with Crippen molar-refractivity contribution in [2.75, 3.05) is 19.8 Å². The highest BCUT2D eigenvalue weighted by atomic mass is 16.5. The smallest absolute Gasteiger partial charge is 0.0551 e. The highest BCUT2D eigenvalue weighted by Crippen LogP contribution is 2.29. The van der Waals surface area contributed by atoms with Crippen LogP contribution in [0.4, 0.5) is 0 Å². The molecule has 2 rings (SSSR count). The van der Waals surface area contributed by atoms with E-state index in [2.05, 4.69) is 12.3 Å². The molecule has 4 atom stereocenters. The molecule has 4 nitrogen and oxygen atoms in total. The van der Waals surface area contributed by atoms with Crippen LogP contribution in [0.2, 0.25) is 0 Å². The minimum Gasteiger partial charge on any atom is -0.381 e. The van der Waals surface area contributed by atoms with Crippen LogP contribution in [0.1, 0.15) is 26.2 Å². The third-order valence-corrected chi connectivity index (χ3v) is 3.63. The van der Waals surface area contributed by atoms with Gasteiger partial charge in [0.2, 0.25) is 0 Å². The molecular weight excluding hydrogens is 192 g/mol. The van der Waals surface area contributed by atoms with E-state index in [1.807, 2.05) is 0 Å². The zero-order valence-electron chi connectivity index (χ0n) is 9.45. The molecule has 2 saturated heterocycles. The van der Waals surface area contributed by atoms with Gasteiger partial charge in [-0.15, -0.1) is 0 Å². The molecule has 3 N–H and O–H groups in total. The number of nitrogens with one attached hydrogen (secondary N) is 1. The van der Waals surface area contributed by atoms with Crippen molar-refractivity contribution in [1.29, 1.82) is 0 Å². The van der Waals surface area contributed by atoms with Gasteiger partial charge in [-0.25, -0.2) is 0 Å². The van der Waals surface area contributed by atoms with Crippen LogP contribution in [0, 0.1) is 11.8 Å². The molecule has 0 aromatic rings. The van der Waals surface area contributed by atoms with Crippen molar-refractivity contribution in [3.8, 4) is 0 Å². The maximum Gasteiger partial charge on any atom is 0.0551 e. The standard InChI is InChI=1S/C11H22N2O2/c1-8-5-10(7-15-8)11(13-12)9-3-2-4-14-6-9/h8-11,13H,2-7,12H2,1H3. The largest absolute Gasteiger partial charge is 0.381 e. The van der Waals surface area contributed by atoms with Gasteiger partial charge in [-0.1, -0.05) is 0 Å². The molecule has 0 saturated carbocycles. The van der Waals surface area contributed by atoms with Crippen molar-refractivity contribution in [2.45, 2.75) is 38.3 Å². The van der Waals surface area contributed by atoms with Crippen LogP contribution in [0.25, 0.3) is 0 Å². The van der Waals surface area contributed by atoms with Gasteiger partial charge in [0.1, 0.15) is 0 Å². The summed E-state index contributed by atoms with van der Waals surface area (Å²) in [6.07, 6.45) is 3.88. The first kappa shape index (κ1) is 11.3. The molecule has 0 aromatic carbocycles. The second-order valence-electron chi connectivity index (χ2n) is 4.81. The van der Waals surface area contributed by atoms with Gasteiger partial charge < -0.3 is 9.47 Å². The minimum atomic E-state index is 0.357. The summed E-state index contributed by atoms with van der Waals surface area (Å²) in [6, 6.07) is 0.357. The highest BCUT2D eigenvalue weighted by Gasteiger charge is 2.34. The van der Waals surface area contributed by atoms with Crippen LogP contribution in [-0.4, -0.2) is 32.0 Å². The van der Waals surface area contributed by atoms with Crippen molar-refractivity contribution in [3.05, 3.63) is 0 Å². The Balaban J connectivity index is 1.90. The number of hydrogen-bond acceptors (Lipinski definition) is 4. The van der Waals surface area contributed by atoms with E-state index in [1.165, 1.54) is 6.42 Å². The van der Waals surface area contributed by atoms with Crippen LogP contribution in [0.5, 0.6) is 0 Å². The summed E-state index contributed by atoms with van der Waals surface area (Å²) in [7, 11) is 0. The monoisotopic (exact) mass is 214 g/mol. The average Bonchev–Trinajstić information content (AvgIpc) is 2.68. The Morgan fingerprint density at radius 3 is 2.73 bits per heavy atom. The van der Waals surface area contributed by atoms with Gasteiger partial charge in [-0.05, 0) is 32.1 Å². The van der Waals surface area contributed by atoms with Gasteiger partial charge in [0.15, 0.2) is 0 Å². The van der Waals surface area contributed by atoms with Gasteiger partial charge in [0.25, 0.3) is 0 Å². The average molecular weight is 214 g/mol. The molecule has 2 heterocycles. The van der Waals surface area contributed by atoms with Gasteiger partial charge in [-0.2, -0.15) is 0 Å². The molecule has 4 heteroatoms. The van der Waals surface area contributed by atoms with E-state index in [1.54, 1.807) is 0 Å². The van der Waals surface area contributed by atoms with Crippen LogP contribution in [0.3, 0.4) is 0 Å². The molecule has 0 bridgehead atoms. The van der Waals surface area contributed by atoms with Crippen LogP contribution in [0.15, 0.2) is 0 Å². The van der Waals surface area contributed by atoms with E-state index in [0.29, 0.717) is 24.0 Å². The first-order valence-electron chi connectivity index (χ1n) is 5.96. The summed E-state index contributed by atoms with van der Waals surface area (Å²) in [5, 5.41) is 0. The molecule has 2 fully saturated rings. The molecule has 0 amide bonds. The fourth-order valence-corrected chi connectivity index (χ4v) is 2.81. The Hall–Kier alpha value is -0.160. The highest BCUT2D eigenvalue weighted by molar-refractivity contribution is 4.86. The van der Waals surface area contributed by atoms with E-state index in [-0.39, 0.29) is 0 Å². The molecule has 0 aromatic heterocycles. The zero-order chi connectivity index (χ0) is 10.7. The maximum atomic E-state index is 5.67. The van der Waals surface area contributed by atoms with E-state index in [9.17, 15) is 0 Å². The summed E-state index contributed by atoms with van der Waals surface area (Å²) < 4.78 is 11.1. The van der Waals surface area contributed by atoms with Gasteiger partial charge in [-0.3, -0.25) is 11.3 Å². The number of hydrogen-bond donors (Lipinski definition) is 2. The lowest BCUT2D eigenvalue weighted by molar-refractivity contribution is 0.0266. The van der Waals surface area contributed by atoms with Crippen molar-refractivity contribution < 1.29 is 9.47 Å². The van der Waals surface area contributed by atoms with E-state index in [4.69, 9.17) is 15.3 Å². The summed E-state index contributed by atoms with van der Waals surface area (Å²) in [5.41, 5.74) is 2.97. The number of nitrogens with two attached hydrogens (primary N) is 1. The van der Waals surface area contributed by atoms with Crippen molar-refractivity contribution in [3.63, 3.8) is 0 Å². The molecule has 15 heavy (non-hydrogen) atoms. The minimum absolute atomic E-state index is 0.357. The van der Waals surface area contributed by atoms with Crippen molar-refractivity contribution >= 4 is 0 Å². The first-order valence-corrected chi connectivity index (χ1v) is 5.96. The molecule has 4 unspecified atom stereocenters. The predicted molar refractivity (Wildman–Crippen MR) is 58.2 cm³/mol. The molecule has 88 valence electrons. The second-order valence-corrected chi connectivity index (χ2v) is 4.81. The molecule has 0 spiro atoms. The summed E-state index contributed by atoms with van der Waals surface area (Å²) >= 11 is 0. The third-order valence-electron chi connectivity index (χ3n) is 3.63. The number of ether oxygens (including phenoxy) is 2. The summed E-state index contributed by atoms with van der Waals surface area (Å²) in [4.78, 5) is 0. The Morgan fingerprint density at radius 1 is 1.33 bits per heavy atom. The molecular formula is C11H22N2O2. The van der Waals surface area contributed by atoms with E-state index >= 15 is 0 Å².